The van der Waals surface area contributed by atoms with Gasteiger partial charge in [0.2, 0.25) is 5.82 Å². The van der Waals surface area contributed by atoms with Crippen molar-refractivity contribution in [2.75, 3.05) is 19.0 Å². The second-order valence-corrected chi connectivity index (χ2v) is 9.35. The predicted octanol–water partition coefficient (Wildman–Crippen LogP) is 6.34. The van der Waals surface area contributed by atoms with Gasteiger partial charge in [-0.25, -0.2) is 4.98 Å². The zero-order valence-electron chi connectivity index (χ0n) is 21.6. The number of rotatable bonds is 7. The lowest BCUT2D eigenvalue weighted by molar-refractivity contribution is 0.306. The average Bonchev–Trinajstić information content (AvgIpc) is 3.40. The molecule has 2 heterocycles. The zero-order chi connectivity index (χ0) is 26.8. The van der Waals surface area contributed by atoms with Gasteiger partial charge in [0.15, 0.2) is 5.76 Å². The maximum Gasteiger partial charge on any atom is 0.282 e. The number of nitrogens with zero attached hydrogens (tertiary/aromatic N) is 4. The van der Waals surface area contributed by atoms with E-state index in [1.807, 2.05) is 116 Å². The van der Waals surface area contributed by atoms with Crippen LogP contribution in [0.2, 0.25) is 0 Å². The molecule has 0 atom stereocenters. The lowest BCUT2D eigenvalue weighted by Gasteiger charge is -2.16. The van der Waals surface area contributed by atoms with Crippen LogP contribution in [0.1, 0.15) is 11.1 Å². The molecule has 7 nitrogen and oxygen atoms in total. The second kappa shape index (κ2) is 10.3. The molecule has 6 aromatic rings. The Bertz CT molecular complexity index is 1840. The van der Waals surface area contributed by atoms with E-state index in [-0.39, 0.29) is 5.56 Å². The lowest BCUT2D eigenvalue weighted by atomic mass is 10.2. The first-order valence-corrected chi connectivity index (χ1v) is 12.6. The Hall–Kier alpha value is -5.17. The number of fused-ring (bicyclic) bond motifs is 2. The van der Waals surface area contributed by atoms with Crippen molar-refractivity contribution in [3.8, 4) is 17.3 Å². The Kier molecular flexibility index (Phi) is 6.39. The molecule has 4 aromatic carbocycles. The van der Waals surface area contributed by atoms with Gasteiger partial charge < -0.3 is 14.1 Å². The summed E-state index contributed by atoms with van der Waals surface area (Å²) in [6, 6.07) is 32.6. The number of anilines is 1. The first-order chi connectivity index (χ1) is 19.1. The van der Waals surface area contributed by atoms with Gasteiger partial charge in [0.25, 0.3) is 5.56 Å². The number of para-hydroxylation sites is 2. The van der Waals surface area contributed by atoms with Crippen molar-refractivity contribution in [3.05, 3.63) is 125 Å². The highest BCUT2D eigenvalue weighted by atomic mass is 16.5. The Morgan fingerprint density at radius 1 is 0.923 bits per heavy atom. The standard InChI is InChI=1S/C32H26N4O3/c1-35(2)25-17-16-24(29(19-25)38-21-22-10-4-3-5-11-22)20-33-36-31(30-18-23-12-6-9-15-28(23)39-30)34-27-14-8-7-13-26(27)32(36)37/h3-20H,21H2,1-2H3. The van der Waals surface area contributed by atoms with Crippen LogP contribution in [0.15, 0.2) is 117 Å². The zero-order valence-corrected chi connectivity index (χ0v) is 21.6. The van der Waals surface area contributed by atoms with Crippen molar-refractivity contribution >= 4 is 33.8 Å². The molecule has 0 aliphatic rings. The summed E-state index contributed by atoms with van der Waals surface area (Å²) in [5, 5.41) is 6.01. The van der Waals surface area contributed by atoms with Gasteiger partial charge >= 0.3 is 0 Å². The van der Waals surface area contributed by atoms with Crippen molar-refractivity contribution in [3.63, 3.8) is 0 Å². The molecule has 0 amide bonds. The van der Waals surface area contributed by atoms with Gasteiger partial charge in [-0.15, -0.1) is 0 Å². The van der Waals surface area contributed by atoms with E-state index < -0.39 is 0 Å². The van der Waals surface area contributed by atoms with E-state index >= 15 is 0 Å². The smallest absolute Gasteiger partial charge is 0.282 e. The number of hydrogen-bond acceptors (Lipinski definition) is 6. The summed E-state index contributed by atoms with van der Waals surface area (Å²) in [6.07, 6.45) is 1.63. The van der Waals surface area contributed by atoms with Gasteiger partial charge in [0, 0.05) is 36.8 Å². The Morgan fingerprint density at radius 3 is 2.51 bits per heavy atom. The summed E-state index contributed by atoms with van der Waals surface area (Å²) >= 11 is 0. The van der Waals surface area contributed by atoms with Gasteiger partial charge in [-0.3, -0.25) is 4.79 Å². The first kappa shape index (κ1) is 24.2. The maximum atomic E-state index is 13.6. The van der Waals surface area contributed by atoms with E-state index in [1.165, 1.54) is 4.68 Å². The van der Waals surface area contributed by atoms with Crippen LogP contribution in [-0.2, 0) is 6.61 Å². The molecule has 0 unspecified atom stereocenters. The lowest BCUT2D eigenvalue weighted by Crippen LogP contribution is -2.20. The van der Waals surface area contributed by atoms with Crippen LogP contribution in [0, 0.1) is 0 Å². The minimum atomic E-state index is -0.288. The fourth-order valence-electron chi connectivity index (χ4n) is 4.37. The molecule has 0 aliphatic carbocycles. The van der Waals surface area contributed by atoms with E-state index in [1.54, 1.807) is 12.3 Å². The topological polar surface area (TPSA) is 72.9 Å². The molecule has 0 saturated carbocycles. The minimum absolute atomic E-state index is 0.288. The molecular formula is C32H26N4O3. The molecule has 192 valence electrons. The largest absolute Gasteiger partial charge is 0.488 e. The SMILES string of the molecule is CN(C)c1ccc(C=Nn2c(-c3cc4ccccc4o3)nc3ccccc3c2=O)c(OCc2ccccc2)c1. The van der Waals surface area contributed by atoms with Gasteiger partial charge in [-0.2, -0.15) is 9.78 Å². The second-order valence-electron chi connectivity index (χ2n) is 9.35. The summed E-state index contributed by atoms with van der Waals surface area (Å²) in [6.45, 7) is 0.403. The van der Waals surface area contributed by atoms with Gasteiger partial charge in [-0.05, 0) is 42.0 Å². The Morgan fingerprint density at radius 2 is 1.69 bits per heavy atom. The molecule has 0 saturated heterocycles. The number of aromatic nitrogens is 2. The number of hydrogen-bond donors (Lipinski definition) is 0. The fraction of sp³-hybridized carbons (Fsp3) is 0.0938. The van der Waals surface area contributed by atoms with E-state index in [9.17, 15) is 4.79 Å². The highest BCUT2D eigenvalue weighted by Crippen LogP contribution is 2.28. The molecule has 39 heavy (non-hydrogen) atoms. The summed E-state index contributed by atoms with van der Waals surface area (Å²) in [5.74, 6) is 1.43. The van der Waals surface area contributed by atoms with Gasteiger partial charge in [-0.1, -0.05) is 60.7 Å². The predicted molar refractivity (Wildman–Crippen MR) is 156 cm³/mol. The summed E-state index contributed by atoms with van der Waals surface area (Å²) in [4.78, 5) is 20.4. The third kappa shape index (κ3) is 4.90. The van der Waals surface area contributed by atoms with Crippen LogP contribution in [-0.4, -0.2) is 30.0 Å². The Labute approximate surface area is 225 Å². The van der Waals surface area contributed by atoms with Crippen molar-refractivity contribution < 1.29 is 9.15 Å². The van der Waals surface area contributed by atoms with Crippen molar-refractivity contribution in [2.24, 2.45) is 5.10 Å². The van der Waals surface area contributed by atoms with E-state index in [0.29, 0.717) is 40.4 Å². The highest BCUT2D eigenvalue weighted by Gasteiger charge is 2.16. The molecule has 0 spiro atoms. The molecule has 0 fully saturated rings. The average molecular weight is 515 g/mol. The van der Waals surface area contributed by atoms with Crippen LogP contribution in [0.25, 0.3) is 33.5 Å². The van der Waals surface area contributed by atoms with Crippen LogP contribution >= 0.6 is 0 Å². The van der Waals surface area contributed by atoms with E-state index in [2.05, 4.69) is 5.10 Å². The summed E-state index contributed by atoms with van der Waals surface area (Å²) < 4.78 is 13.6. The summed E-state index contributed by atoms with van der Waals surface area (Å²) in [7, 11) is 3.95. The van der Waals surface area contributed by atoms with Crippen molar-refractivity contribution in [2.45, 2.75) is 6.61 Å². The molecule has 0 bridgehead atoms. The van der Waals surface area contributed by atoms with Crippen LogP contribution in [0.3, 0.4) is 0 Å². The molecule has 7 heteroatoms. The van der Waals surface area contributed by atoms with Crippen LogP contribution in [0.4, 0.5) is 5.69 Å². The number of ether oxygens (including phenoxy) is 1. The molecule has 0 radical (unpaired) electrons. The molecule has 0 N–H and O–H groups in total. The van der Waals surface area contributed by atoms with Crippen LogP contribution < -0.4 is 15.2 Å². The molecule has 2 aromatic heterocycles. The molecule has 6 rings (SSSR count). The van der Waals surface area contributed by atoms with Crippen molar-refractivity contribution in [1.82, 2.24) is 9.66 Å². The summed E-state index contributed by atoms with van der Waals surface area (Å²) in [5.41, 5.74) is 3.77. The maximum absolute atomic E-state index is 13.6. The molecule has 0 aliphatic heterocycles. The third-order valence-electron chi connectivity index (χ3n) is 6.46. The number of benzene rings is 4. The van der Waals surface area contributed by atoms with E-state index in [4.69, 9.17) is 14.1 Å². The van der Waals surface area contributed by atoms with Crippen LogP contribution in [0.5, 0.6) is 5.75 Å². The number of furan rings is 1. The monoisotopic (exact) mass is 514 g/mol. The minimum Gasteiger partial charge on any atom is -0.488 e. The molecular weight excluding hydrogens is 488 g/mol. The van der Waals surface area contributed by atoms with Gasteiger partial charge in [0.1, 0.15) is 17.9 Å². The quantitative estimate of drug-likeness (QED) is 0.233. The van der Waals surface area contributed by atoms with E-state index in [0.717, 1.165) is 22.2 Å². The first-order valence-electron chi connectivity index (χ1n) is 12.6. The normalized spacial score (nSPS) is 11.4. The van der Waals surface area contributed by atoms with Gasteiger partial charge in [0.05, 0.1) is 17.1 Å². The highest BCUT2D eigenvalue weighted by molar-refractivity contribution is 5.86. The third-order valence-corrected chi connectivity index (χ3v) is 6.46. The van der Waals surface area contributed by atoms with Crippen molar-refractivity contribution in [1.29, 1.82) is 0 Å². The Balaban J connectivity index is 1.45. The fourth-order valence-corrected chi connectivity index (χ4v) is 4.37.